The largest absolute Gasteiger partial charge is 0.389 e. The predicted octanol–water partition coefficient (Wildman–Crippen LogP) is 0.209. The molecule has 0 spiro atoms. The summed E-state index contributed by atoms with van der Waals surface area (Å²) in [4.78, 5) is 2.10. The Balaban J connectivity index is 2.59. The number of piperidine rings is 1. The Bertz CT molecular complexity index is 210. The van der Waals surface area contributed by atoms with Crippen molar-refractivity contribution in [2.75, 3.05) is 13.1 Å². The molecule has 4 nitrogen and oxygen atoms in total. The third kappa shape index (κ3) is 3.17. The minimum atomic E-state index is -1.000. The molecule has 0 radical (unpaired) electrons. The maximum absolute atomic E-state index is 9.89. The summed E-state index contributed by atoms with van der Waals surface area (Å²) < 4.78 is 0. The van der Waals surface area contributed by atoms with E-state index in [9.17, 15) is 15.3 Å². The Morgan fingerprint density at radius 3 is 2.31 bits per heavy atom. The lowest BCUT2D eigenvalue weighted by molar-refractivity contribution is -0.138. The molecule has 16 heavy (non-hydrogen) atoms. The summed E-state index contributed by atoms with van der Waals surface area (Å²) in [6.45, 7) is 7.65. The van der Waals surface area contributed by atoms with Crippen molar-refractivity contribution in [3.63, 3.8) is 0 Å². The van der Waals surface area contributed by atoms with Crippen LogP contribution in [-0.4, -0.2) is 57.7 Å². The van der Waals surface area contributed by atoms with Gasteiger partial charge in [-0.2, -0.15) is 0 Å². The van der Waals surface area contributed by atoms with Gasteiger partial charge in [0.25, 0.3) is 0 Å². The zero-order chi connectivity index (χ0) is 12.3. The normalized spacial score (nSPS) is 36.9. The van der Waals surface area contributed by atoms with Crippen LogP contribution in [0.15, 0.2) is 0 Å². The maximum atomic E-state index is 9.89. The van der Waals surface area contributed by atoms with E-state index in [1.807, 2.05) is 6.92 Å². The fourth-order valence-electron chi connectivity index (χ4n) is 2.34. The molecular formula is C12H25NO3. The van der Waals surface area contributed by atoms with Crippen LogP contribution < -0.4 is 0 Å². The van der Waals surface area contributed by atoms with Gasteiger partial charge in [-0.15, -0.1) is 0 Å². The first-order chi connectivity index (χ1) is 7.47. The average molecular weight is 231 g/mol. The minimum Gasteiger partial charge on any atom is -0.389 e. The van der Waals surface area contributed by atoms with Crippen LogP contribution in [0.5, 0.6) is 0 Å². The zero-order valence-electron chi connectivity index (χ0n) is 10.5. The fourth-order valence-corrected chi connectivity index (χ4v) is 2.34. The molecule has 1 rings (SSSR count). The van der Waals surface area contributed by atoms with Crippen molar-refractivity contribution >= 4 is 0 Å². The van der Waals surface area contributed by atoms with Crippen molar-refractivity contribution in [3.8, 4) is 0 Å². The lowest BCUT2D eigenvalue weighted by Crippen LogP contribution is -2.61. The SMILES string of the molecule is CC[C@H]1[C@@H](O)[C@H](O)[C@@H](O)CN1CCC(C)C. The van der Waals surface area contributed by atoms with E-state index in [0.717, 1.165) is 19.4 Å². The molecular weight excluding hydrogens is 206 g/mol. The lowest BCUT2D eigenvalue weighted by atomic mass is 9.91. The summed E-state index contributed by atoms with van der Waals surface area (Å²) in [6, 6.07) is -0.0304. The first kappa shape index (κ1) is 13.9. The summed E-state index contributed by atoms with van der Waals surface area (Å²) in [7, 11) is 0. The molecule has 0 bridgehead atoms. The van der Waals surface area contributed by atoms with E-state index in [1.165, 1.54) is 0 Å². The Kier molecular flexibility index (Phi) is 5.18. The second-order valence-electron chi connectivity index (χ2n) is 5.20. The molecule has 1 aliphatic heterocycles. The summed E-state index contributed by atoms with van der Waals surface area (Å²) in [6.07, 6.45) is -0.819. The number of aliphatic hydroxyl groups excluding tert-OH is 3. The molecule has 0 aromatic rings. The van der Waals surface area contributed by atoms with E-state index in [2.05, 4.69) is 18.7 Å². The van der Waals surface area contributed by atoms with Crippen LogP contribution in [0.25, 0.3) is 0 Å². The zero-order valence-corrected chi connectivity index (χ0v) is 10.5. The lowest BCUT2D eigenvalue weighted by Gasteiger charge is -2.43. The highest BCUT2D eigenvalue weighted by Gasteiger charge is 2.39. The van der Waals surface area contributed by atoms with Gasteiger partial charge in [0.1, 0.15) is 6.10 Å². The van der Waals surface area contributed by atoms with Crippen LogP contribution in [0.3, 0.4) is 0 Å². The first-order valence-corrected chi connectivity index (χ1v) is 6.25. The van der Waals surface area contributed by atoms with Crippen LogP contribution in [0, 0.1) is 5.92 Å². The number of aliphatic hydroxyl groups is 3. The Morgan fingerprint density at radius 1 is 1.19 bits per heavy atom. The first-order valence-electron chi connectivity index (χ1n) is 6.25. The van der Waals surface area contributed by atoms with Gasteiger partial charge in [-0.1, -0.05) is 20.8 Å². The molecule has 1 heterocycles. The topological polar surface area (TPSA) is 63.9 Å². The van der Waals surface area contributed by atoms with Crippen molar-refractivity contribution in [2.45, 2.75) is 58.0 Å². The maximum Gasteiger partial charge on any atom is 0.108 e. The van der Waals surface area contributed by atoms with E-state index in [-0.39, 0.29) is 6.04 Å². The van der Waals surface area contributed by atoms with Crippen LogP contribution in [0.4, 0.5) is 0 Å². The van der Waals surface area contributed by atoms with Gasteiger partial charge in [0.15, 0.2) is 0 Å². The summed E-state index contributed by atoms with van der Waals surface area (Å²) in [5, 5.41) is 29.2. The molecule has 0 unspecified atom stereocenters. The highest BCUT2D eigenvalue weighted by atomic mass is 16.4. The monoisotopic (exact) mass is 231 g/mol. The molecule has 4 heteroatoms. The highest BCUT2D eigenvalue weighted by molar-refractivity contribution is 4.93. The third-order valence-corrected chi connectivity index (χ3v) is 3.44. The van der Waals surface area contributed by atoms with Crippen LogP contribution >= 0.6 is 0 Å². The molecule has 0 aliphatic carbocycles. The van der Waals surface area contributed by atoms with Crippen molar-refractivity contribution in [1.82, 2.24) is 4.90 Å². The van der Waals surface area contributed by atoms with Gasteiger partial charge in [0, 0.05) is 12.6 Å². The van der Waals surface area contributed by atoms with E-state index in [0.29, 0.717) is 12.5 Å². The minimum absolute atomic E-state index is 0.0304. The van der Waals surface area contributed by atoms with Gasteiger partial charge in [0.2, 0.25) is 0 Å². The Labute approximate surface area is 97.9 Å². The summed E-state index contributed by atoms with van der Waals surface area (Å²) in [5.41, 5.74) is 0. The van der Waals surface area contributed by atoms with Gasteiger partial charge in [-0.25, -0.2) is 0 Å². The number of hydrogen-bond acceptors (Lipinski definition) is 4. The van der Waals surface area contributed by atoms with Gasteiger partial charge in [-0.3, -0.25) is 4.90 Å². The van der Waals surface area contributed by atoms with Gasteiger partial charge in [0.05, 0.1) is 12.2 Å². The van der Waals surface area contributed by atoms with Crippen molar-refractivity contribution in [3.05, 3.63) is 0 Å². The molecule has 0 aromatic carbocycles. The molecule has 3 N–H and O–H groups in total. The smallest absolute Gasteiger partial charge is 0.108 e. The number of β-amino-alcohol motifs (C(OH)–C–C–N with tert-alkyl or cyclic N) is 1. The van der Waals surface area contributed by atoms with Crippen LogP contribution in [0.1, 0.15) is 33.6 Å². The van der Waals surface area contributed by atoms with Crippen molar-refractivity contribution < 1.29 is 15.3 Å². The standard InChI is InChI=1S/C12H25NO3/c1-4-9-11(15)12(16)10(14)7-13(9)6-5-8(2)3/h8-12,14-16H,4-7H2,1-3H3/t9-,10-,11+,12+/m0/s1. The fraction of sp³-hybridized carbons (Fsp3) is 1.00. The second-order valence-corrected chi connectivity index (χ2v) is 5.20. The highest BCUT2D eigenvalue weighted by Crippen LogP contribution is 2.22. The number of nitrogens with zero attached hydrogens (tertiary/aromatic N) is 1. The molecule has 1 saturated heterocycles. The van der Waals surface area contributed by atoms with Crippen LogP contribution in [-0.2, 0) is 0 Å². The van der Waals surface area contributed by atoms with Gasteiger partial charge in [-0.05, 0) is 25.3 Å². The molecule has 0 aromatic heterocycles. The number of rotatable bonds is 4. The molecule has 0 amide bonds. The second kappa shape index (κ2) is 5.96. The van der Waals surface area contributed by atoms with E-state index < -0.39 is 18.3 Å². The molecule has 96 valence electrons. The summed E-state index contributed by atoms with van der Waals surface area (Å²) >= 11 is 0. The molecule has 0 saturated carbocycles. The van der Waals surface area contributed by atoms with Gasteiger partial charge >= 0.3 is 0 Å². The van der Waals surface area contributed by atoms with Crippen molar-refractivity contribution in [2.24, 2.45) is 5.92 Å². The quantitative estimate of drug-likeness (QED) is 0.647. The molecule has 1 fully saturated rings. The van der Waals surface area contributed by atoms with Crippen molar-refractivity contribution in [1.29, 1.82) is 0 Å². The van der Waals surface area contributed by atoms with Crippen LogP contribution in [0.2, 0.25) is 0 Å². The molecule has 4 atom stereocenters. The molecule has 1 aliphatic rings. The number of likely N-dealkylation sites (tertiary alicyclic amines) is 1. The average Bonchev–Trinajstić information content (AvgIpc) is 2.23. The number of hydrogen-bond donors (Lipinski definition) is 3. The van der Waals surface area contributed by atoms with E-state index >= 15 is 0 Å². The predicted molar refractivity (Wildman–Crippen MR) is 63.1 cm³/mol. The Morgan fingerprint density at radius 2 is 1.81 bits per heavy atom. The summed E-state index contributed by atoms with van der Waals surface area (Å²) in [5.74, 6) is 0.610. The van der Waals surface area contributed by atoms with Gasteiger partial charge < -0.3 is 15.3 Å². The Hall–Kier alpha value is -0.160. The third-order valence-electron chi connectivity index (χ3n) is 3.44. The van der Waals surface area contributed by atoms with E-state index in [1.54, 1.807) is 0 Å². The van der Waals surface area contributed by atoms with E-state index in [4.69, 9.17) is 0 Å².